The van der Waals surface area contributed by atoms with Gasteiger partial charge in [0.25, 0.3) is 0 Å². The summed E-state index contributed by atoms with van der Waals surface area (Å²) in [6.07, 6.45) is 6.31. The summed E-state index contributed by atoms with van der Waals surface area (Å²) in [5, 5.41) is 3.63. The Kier molecular flexibility index (Phi) is 3.10. The maximum atomic E-state index is 5.74. The Morgan fingerprint density at radius 1 is 1.43 bits per heavy atom. The number of hydrogen-bond acceptors (Lipinski definition) is 3. The summed E-state index contributed by atoms with van der Waals surface area (Å²) in [5.74, 6) is 0. The largest absolute Gasteiger partial charge is 0.385 e. The number of rotatable bonds is 6. The molecule has 2 aliphatic carbocycles. The fraction of sp³-hybridized carbons (Fsp3) is 1.00. The first-order chi connectivity index (χ1) is 6.74. The SMILES string of the molecule is COCCC1(CNC2CC(N)C2)CC1. The molecule has 14 heavy (non-hydrogen) atoms. The molecule has 3 N–H and O–H groups in total. The second-order valence-electron chi connectivity index (χ2n) is 5.05. The summed E-state index contributed by atoms with van der Waals surface area (Å²) in [7, 11) is 1.79. The zero-order valence-corrected chi connectivity index (χ0v) is 9.09. The third-order valence-electron chi connectivity index (χ3n) is 3.73. The van der Waals surface area contributed by atoms with Crippen molar-refractivity contribution in [2.24, 2.45) is 11.1 Å². The molecule has 0 aromatic rings. The third kappa shape index (κ3) is 2.47. The van der Waals surface area contributed by atoms with E-state index in [0.29, 0.717) is 17.5 Å². The normalized spacial score (nSPS) is 33.9. The van der Waals surface area contributed by atoms with E-state index in [9.17, 15) is 0 Å². The average Bonchev–Trinajstić information content (AvgIpc) is 2.89. The minimum absolute atomic E-state index is 0.460. The predicted molar refractivity (Wildman–Crippen MR) is 57.2 cm³/mol. The lowest BCUT2D eigenvalue weighted by atomic mass is 9.87. The molecule has 82 valence electrons. The molecule has 0 aliphatic heterocycles. The van der Waals surface area contributed by atoms with Crippen LogP contribution < -0.4 is 11.1 Å². The maximum absolute atomic E-state index is 5.74. The first-order valence-corrected chi connectivity index (χ1v) is 5.72. The molecule has 0 spiro atoms. The monoisotopic (exact) mass is 198 g/mol. The van der Waals surface area contributed by atoms with Crippen LogP contribution in [0.2, 0.25) is 0 Å². The van der Waals surface area contributed by atoms with Crippen LogP contribution in [0.4, 0.5) is 0 Å². The van der Waals surface area contributed by atoms with Gasteiger partial charge in [-0.2, -0.15) is 0 Å². The Labute approximate surface area is 86.4 Å². The summed E-state index contributed by atoms with van der Waals surface area (Å²) < 4.78 is 5.13. The number of nitrogens with one attached hydrogen (secondary N) is 1. The van der Waals surface area contributed by atoms with Crippen LogP contribution in [0.25, 0.3) is 0 Å². The van der Waals surface area contributed by atoms with Gasteiger partial charge in [-0.3, -0.25) is 0 Å². The van der Waals surface area contributed by atoms with Crippen molar-refractivity contribution in [3.63, 3.8) is 0 Å². The molecule has 0 unspecified atom stereocenters. The molecule has 0 atom stereocenters. The Hall–Kier alpha value is -0.120. The van der Waals surface area contributed by atoms with E-state index in [1.54, 1.807) is 7.11 Å². The fourth-order valence-electron chi connectivity index (χ4n) is 2.20. The molecule has 2 saturated carbocycles. The second-order valence-corrected chi connectivity index (χ2v) is 5.05. The standard InChI is InChI=1S/C11H22N2O/c1-14-5-4-11(2-3-11)8-13-10-6-9(12)7-10/h9-10,13H,2-8,12H2,1H3. The number of ether oxygens (including phenoxy) is 1. The maximum Gasteiger partial charge on any atom is 0.0468 e. The summed E-state index contributed by atoms with van der Waals surface area (Å²) in [4.78, 5) is 0. The predicted octanol–water partition coefficient (Wildman–Crippen LogP) is 0.882. The quantitative estimate of drug-likeness (QED) is 0.666. The minimum atomic E-state index is 0.460. The molecule has 0 radical (unpaired) electrons. The topological polar surface area (TPSA) is 47.3 Å². The van der Waals surface area contributed by atoms with Crippen LogP contribution in [-0.2, 0) is 4.74 Å². The van der Waals surface area contributed by atoms with E-state index in [0.717, 1.165) is 6.61 Å². The van der Waals surface area contributed by atoms with Gasteiger partial charge in [-0.05, 0) is 37.5 Å². The van der Waals surface area contributed by atoms with E-state index < -0.39 is 0 Å². The molecule has 0 heterocycles. The Morgan fingerprint density at radius 2 is 2.14 bits per heavy atom. The van der Waals surface area contributed by atoms with Crippen molar-refractivity contribution in [1.82, 2.24) is 5.32 Å². The van der Waals surface area contributed by atoms with Gasteiger partial charge in [0.2, 0.25) is 0 Å². The van der Waals surface area contributed by atoms with Crippen LogP contribution in [-0.4, -0.2) is 32.3 Å². The van der Waals surface area contributed by atoms with Crippen LogP contribution in [0, 0.1) is 5.41 Å². The van der Waals surface area contributed by atoms with Crippen molar-refractivity contribution in [3.8, 4) is 0 Å². The van der Waals surface area contributed by atoms with Crippen LogP contribution >= 0.6 is 0 Å². The first-order valence-electron chi connectivity index (χ1n) is 5.72. The zero-order chi connectivity index (χ0) is 10.0. The van der Waals surface area contributed by atoms with E-state index in [1.165, 1.54) is 38.6 Å². The van der Waals surface area contributed by atoms with E-state index in [1.807, 2.05) is 0 Å². The van der Waals surface area contributed by atoms with Gasteiger partial charge in [0.1, 0.15) is 0 Å². The van der Waals surface area contributed by atoms with Gasteiger partial charge in [-0.15, -0.1) is 0 Å². The number of nitrogens with two attached hydrogens (primary N) is 1. The number of methoxy groups -OCH3 is 1. The van der Waals surface area contributed by atoms with Crippen molar-refractivity contribution < 1.29 is 4.74 Å². The molecular formula is C11H22N2O. The minimum Gasteiger partial charge on any atom is -0.385 e. The van der Waals surface area contributed by atoms with E-state index >= 15 is 0 Å². The molecule has 2 fully saturated rings. The first kappa shape index (κ1) is 10.4. The molecule has 0 amide bonds. The number of hydrogen-bond donors (Lipinski definition) is 2. The van der Waals surface area contributed by atoms with Gasteiger partial charge >= 0.3 is 0 Å². The smallest absolute Gasteiger partial charge is 0.0468 e. The molecule has 3 nitrogen and oxygen atoms in total. The lowest BCUT2D eigenvalue weighted by Crippen LogP contribution is -2.49. The van der Waals surface area contributed by atoms with Crippen LogP contribution in [0.3, 0.4) is 0 Å². The molecule has 0 bridgehead atoms. The van der Waals surface area contributed by atoms with E-state index in [4.69, 9.17) is 10.5 Å². The third-order valence-corrected chi connectivity index (χ3v) is 3.73. The lowest BCUT2D eigenvalue weighted by Gasteiger charge is -2.34. The van der Waals surface area contributed by atoms with Gasteiger partial charge in [-0.1, -0.05) is 0 Å². The summed E-state index contributed by atoms with van der Waals surface area (Å²) in [6, 6.07) is 1.16. The Morgan fingerprint density at radius 3 is 2.64 bits per heavy atom. The van der Waals surface area contributed by atoms with Crippen molar-refractivity contribution in [2.45, 2.75) is 44.2 Å². The van der Waals surface area contributed by atoms with E-state index in [-0.39, 0.29) is 0 Å². The van der Waals surface area contributed by atoms with Gasteiger partial charge in [0, 0.05) is 32.3 Å². The Bertz CT molecular complexity index is 186. The highest BCUT2D eigenvalue weighted by Crippen LogP contribution is 2.48. The van der Waals surface area contributed by atoms with Crippen molar-refractivity contribution >= 4 is 0 Å². The van der Waals surface area contributed by atoms with Gasteiger partial charge in [0.15, 0.2) is 0 Å². The highest BCUT2D eigenvalue weighted by Gasteiger charge is 2.42. The molecule has 2 rings (SSSR count). The molecule has 0 aromatic heterocycles. The Balaban J connectivity index is 1.60. The summed E-state index contributed by atoms with van der Waals surface area (Å²) in [6.45, 7) is 2.08. The average molecular weight is 198 g/mol. The van der Waals surface area contributed by atoms with E-state index in [2.05, 4.69) is 5.32 Å². The molecular weight excluding hydrogens is 176 g/mol. The highest BCUT2D eigenvalue weighted by atomic mass is 16.5. The second kappa shape index (κ2) is 4.17. The van der Waals surface area contributed by atoms with Crippen LogP contribution in [0.1, 0.15) is 32.1 Å². The summed E-state index contributed by atoms with van der Waals surface area (Å²) >= 11 is 0. The van der Waals surface area contributed by atoms with Gasteiger partial charge in [-0.25, -0.2) is 0 Å². The lowest BCUT2D eigenvalue weighted by molar-refractivity contribution is 0.166. The molecule has 0 aromatic carbocycles. The fourth-order valence-corrected chi connectivity index (χ4v) is 2.20. The molecule has 2 aliphatic rings. The summed E-state index contributed by atoms with van der Waals surface area (Å²) in [5.41, 5.74) is 6.32. The highest BCUT2D eigenvalue weighted by molar-refractivity contribution is 4.97. The van der Waals surface area contributed by atoms with Gasteiger partial charge < -0.3 is 15.8 Å². The van der Waals surface area contributed by atoms with Crippen molar-refractivity contribution in [3.05, 3.63) is 0 Å². The zero-order valence-electron chi connectivity index (χ0n) is 9.09. The molecule has 3 heteroatoms. The van der Waals surface area contributed by atoms with Crippen molar-refractivity contribution in [2.75, 3.05) is 20.3 Å². The van der Waals surface area contributed by atoms with Gasteiger partial charge in [0.05, 0.1) is 0 Å². The molecule has 0 saturated heterocycles. The van der Waals surface area contributed by atoms with Crippen molar-refractivity contribution in [1.29, 1.82) is 0 Å². The van der Waals surface area contributed by atoms with Crippen LogP contribution in [0.15, 0.2) is 0 Å². The van der Waals surface area contributed by atoms with Crippen LogP contribution in [0.5, 0.6) is 0 Å².